The van der Waals surface area contributed by atoms with Gasteiger partial charge in [0.15, 0.2) is 0 Å². The van der Waals surface area contributed by atoms with Crippen LogP contribution < -0.4 is 10.9 Å². The Labute approximate surface area is 172 Å². The van der Waals surface area contributed by atoms with Crippen molar-refractivity contribution in [2.75, 3.05) is 20.1 Å². The van der Waals surface area contributed by atoms with Crippen LogP contribution in [0.25, 0.3) is 10.4 Å². The average Bonchev–Trinajstić information content (AvgIpc) is 3.17. The Balaban J connectivity index is 0.00000169. The van der Waals surface area contributed by atoms with E-state index >= 15 is 0 Å². The lowest BCUT2D eigenvalue weighted by molar-refractivity contribution is 0.388. The number of aryl methyl sites for hydroxylation is 2. The smallest absolute Gasteiger partial charge is 0.251 e. The molecule has 1 saturated heterocycles. The summed E-state index contributed by atoms with van der Waals surface area (Å²) in [6.45, 7) is 8.54. The second-order valence-electron chi connectivity index (χ2n) is 6.85. The third kappa shape index (κ3) is 5.11. The van der Waals surface area contributed by atoms with Crippen molar-refractivity contribution in [3.63, 3.8) is 0 Å². The first-order valence-corrected chi connectivity index (χ1v) is 9.57. The minimum Gasteiger partial charge on any atom is -0.326 e. The summed E-state index contributed by atoms with van der Waals surface area (Å²) in [7, 11) is 2.18. The maximum atomic E-state index is 11.9. The predicted octanol–water partition coefficient (Wildman–Crippen LogP) is 4.17. The summed E-state index contributed by atoms with van der Waals surface area (Å²) < 4.78 is 0. The van der Waals surface area contributed by atoms with Gasteiger partial charge in [0.1, 0.15) is 0 Å². The Bertz CT molecular complexity index is 774. The number of thiophene rings is 1. The molecule has 4 nitrogen and oxygen atoms in total. The Kier molecular flexibility index (Phi) is 8.83. The second kappa shape index (κ2) is 9.90. The highest BCUT2D eigenvalue weighted by molar-refractivity contribution is 7.15. The summed E-state index contributed by atoms with van der Waals surface area (Å²) in [5, 5.41) is 3.75. The van der Waals surface area contributed by atoms with Gasteiger partial charge >= 0.3 is 0 Å². The van der Waals surface area contributed by atoms with Crippen LogP contribution in [0.4, 0.5) is 0 Å². The molecular weight excluding hydrogens is 389 g/mol. The molecule has 2 unspecified atom stereocenters. The van der Waals surface area contributed by atoms with Gasteiger partial charge in [0.25, 0.3) is 5.56 Å². The van der Waals surface area contributed by atoms with E-state index in [1.165, 1.54) is 22.7 Å². The molecule has 26 heavy (non-hydrogen) atoms. The fourth-order valence-electron chi connectivity index (χ4n) is 3.42. The van der Waals surface area contributed by atoms with Crippen LogP contribution in [0.5, 0.6) is 0 Å². The van der Waals surface area contributed by atoms with Crippen LogP contribution in [-0.2, 0) is 6.42 Å². The number of nitrogens with zero attached hydrogens (tertiary/aromatic N) is 1. The minimum atomic E-state index is 0. The molecule has 0 aromatic carbocycles. The molecule has 0 amide bonds. The number of rotatable bonds is 5. The molecule has 2 N–H and O–H groups in total. The molecule has 3 heterocycles. The van der Waals surface area contributed by atoms with Gasteiger partial charge in [0.05, 0.1) is 0 Å². The number of aromatic nitrogens is 1. The topological polar surface area (TPSA) is 48.1 Å². The summed E-state index contributed by atoms with van der Waals surface area (Å²) in [5.74, 6) is 0. The zero-order valence-electron chi connectivity index (χ0n) is 15.8. The highest BCUT2D eigenvalue weighted by atomic mass is 35.5. The Morgan fingerprint density at radius 1 is 1.38 bits per heavy atom. The van der Waals surface area contributed by atoms with Crippen molar-refractivity contribution < 1.29 is 0 Å². The van der Waals surface area contributed by atoms with Gasteiger partial charge < -0.3 is 15.2 Å². The predicted molar refractivity (Wildman–Crippen MR) is 116 cm³/mol. The molecule has 2 aromatic heterocycles. The number of likely N-dealkylation sites (N-methyl/N-ethyl adjacent to an activating group) is 1. The second-order valence-corrected chi connectivity index (χ2v) is 7.97. The van der Waals surface area contributed by atoms with E-state index in [1.54, 1.807) is 0 Å². The van der Waals surface area contributed by atoms with Gasteiger partial charge in [0.2, 0.25) is 0 Å². The van der Waals surface area contributed by atoms with Gasteiger partial charge in [-0.3, -0.25) is 4.79 Å². The van der Waals surface area contributed by atoms with Gasteiger partial charge in [-0.15, -0.1) is 36.2 Å². The van der Waals surface area contributed by atoms with Gasteiger partial charge in [-0.25, -0.2) is 0 Å². The zero-order chi connectivity index (χ0) is 17.3. The van der Waals surface area contributed by atoms with E-state index in [0.29, 0.717) is 12.1 Å². The Morgan fingerprint density at radius 2 is 2.12 bits per heavy atom. The van der Waals surface area contributed by atoms with E-state index in [0.717, 1.165) is 29.8 Å². The summed E-state index contributed by atoms with van der Waals surface area (Å²) >= 11 is 1.82. The lowest BCUT2D eigenvalue weighted by atomic mass is 10.1. The van der Waals surface area contributed by atoms with Crippen LogP contribution in [0.1, 0.15) is 42.4 Å². The summed E-state index contributed by atoms with van der Waals surface area (Å²) in [4.78, 5) is 19.9. The van der Waals surface area contributed by atoms with Crippen molar-refractivity contribution in [3.8, 4) is 10.4 Å². The fourth-order valence-corrected chi connectivity index (χ4v) is 4.51. The number of aromatic amines is 1. The number of pyridine rings is 1. The van der Waals surface area contributed by atoms with Gasteiger partial charge in [-0.2, -0.15) is 0 Å². The SMILES string of the molecule is CCc1cc(-c2ccc(C(C)NC3CCN(C)C3)s2)c(C)[nH]c1=O.Cl.Cl. The average molecular weight is 418 g/mol. The van der Waals surface area contributed by atoms with Crippen molar-refractivity contribution >= 4 is 36.2 Å². The van der Waals surface area contributed by atoms with Crippen LogP contribution in [0.15, 0.2) is 23.0 Å². The maximum Gasteiger partial charge on any atom is 0.251 e. The highest BCUT2D eigenvalue weighted by Crippen LogP contribution is 2.33. The van der Waals surface area contributed by atoms with E-state index in [2.05, 4.69) is 41.3 Å². The third-order valence-electron chi connectivity index (χ3n) is 4.89. The van der Waals surface area contributed by atoms with E-state index < -0.39 is 0 Å². The standard InChI is InChI=1S/C19H27N3OS.2ClH/c1-5-14-10-16(12(2)21-19(14)23)18-7-6-17(24-18)13(3)20-15-8-9-22(4)11-15;;/h6-7,10,13,15,20H,5,8-9,11H2,1-4H3,(H,21,23);2*1H. The molecule has 0 saturated carbocycles. The van der Waals surface area contributed by atoms with Crippen molar-refractivity contribution in [1.29, 1.82) is 0 Å². The maximum absolute atomic E-state index is 11.9. The summed E-state index contributed by atoms with van der Waals surface area (Å²) in [5.41, 5.74) is 2.99. The summed E-state index contributed by atoms with van der Waals surface area (Å²) in [6, 6.07) is 7.38. The number of likely N-dealkylation sites (tertiary alicyclic amines) is 1. The van der Waals surface area contributed by atoms with Crippen molar-refractivity contribution in [3.05, 3.63) is 44.7 Å². The number of halogens is 2. The van der Waals surface area contributed by atoms with Crippen LogP contribution in [-0.4, -0.2) is 36.1 Å². The molecule has 3 rings (SSSR count). The first kappa shape index (κ1) is 23.2. The molecule has 0 bridgehead atoms. The number of nitrogens with one attached hydrogen (secondary N) is 2. The van der Waals surface area contributed by atoms with Gasteiger partial charge in [0, 0.05) is 45.2 Å². The quantitative estimate of drug-likeness (QED) is 0.766. The monoisotopic (exact) mass is 417 g/mol. The minimum absolute atomic E-state index is 0. The van der Waals surface area contributed by atoms with E-state index in [1.807, 2.05) is 31.3 Å². The normalized spacial score (nSPS) is 18.2. The summed E-state index contributed by atoms with van der Waals surface area (Å²) in [6.07, 6.45) is 1.98. The van der Waals surface area contributed by atoms with Crippen LogP contribution in [0.3, 0.4) is 0 Å². The van der Waals surface area contributed by atoms with Crippen LogP contribution >= 0.6 is 36.2 Å². The molecule has 7 heteroatoms. The van der Waals surface area contributed by atoms with Crippen molar-refractivity contribution in [2.45, 2.75) is 45.7 Å². The zero-order valence-corrected chi connectivity index (χ0v) is 18.2. The fraction of sp³-hybridized carbons (Fsp3) is 0.526. The largest absolute Gasteiger partial charge is 0.326 e. The molecule has 146 valence electrons. The molecule has 2 aromatic rings. The highest BCUT2D eigenvalue weighted by Gasteiger charge is 2.22. The molecule has 0 radical (unpaired) electrons. The van der Waals surface area contributed by atoms with Gasteiger partial charge in [-0.1, -0.05) is 6.92 Å². The molecule has 2 atom stereocenters. The lowest BCUT2D eigenvalue weighted by Gasteiger charge is -2.18. The van der Waals surface area contributed by atoms with Crippen molar-refractivity contribution in [1.82, 2.24) is 15.2 Å². The van der Waals surface area contributed by atoms with E-state index in [9.17, 15) is 4.79 Å². The van der Waals surface area contributed by atoms with E-state index in [4.69, 9.17) is 0 Å². The molecule has 1 aliphatic rings. The Hall–Kier alpha value is -0.850. The molecule has 0 spiro atoms. The van der Waals surface area contributed by atoms with Crippen LogP contribution in [0, 0.1) is 6.92 Å². The van der Waals surface area contributed by atoms with Gasteiger partial charge in [-0.05, 0) is 58.5 Å². The number of hydrogen-bond acceptors (Lipinski definition) is 4. The van der Waals surface area contributed by atoms with Crippen molar-refractivity contribution in [2.24, 2.45) is 0 Å². The number of hydrogen-bond donors (Lipinski definition) is 2. The first-order chi connectivity index (χ1) is 11.5. The molecule has 0 aliphatic carbocycles. The van der Waals surface area contributed by atoms with E-state index in [-0.39, 0.29) is 30.4 Å². The number of H-pyrrole nitrogens is 1. The third-order valence-corrected chi connectivity index (χ3v) is 6.19. The first-order valence-electron chi connectivity index (χ1n) is 8.75. The molecular formula is C19H29Cl2N3OS. The Morgan fingerprint density at radius 3 is 2.73 bits per heavy atom. The molecule has 1 fully saturated rings. The lowest BCUT2D eigenvalue weighted by Crippen LogP contribution is -2.33. The molecule has 1 aliphatic heterocycles. The van der Waals surface area contributed by atoms with Crippen LogP contribution in [0.2, 0.25) is 0 Å².